The number of fused-ring (bicyclic) bond motifs is 3. The SMILES string of the molecule is [c]1[c]ccc(-c2cccc3oc4ccccc4c23)[c]1. The van der Waals surface area contributed by atoms with Crippen molar-refractivity contribution < 1.29 is 4.42 Å². The molecule has 0 saturated carbocycles. The predicted octanol–water partition coefficient (Wildman–Crippen LogP) is 4.65. The van der Waals surface area contributed by atoms with Crippen LogP contribution in [0.1, 0.15) is 0 Å². The largest absolute Gasteiger partial charge is 0.456 e. The van der Waals surface area contributed by atoms with Crippen LogP contribution in [0.4, 0.5) is 0 Å². The third kappa shape index (κ3) is 1.55. The molecule has 0 N–H and O–H groups in total. The molecule has 3 aromatic carbocycles. The second-order valence-electron chi connectivity index (χ2n) is 4.42. The van der Waals surface area contributed by atoms with Gasteiger partial charge in [0.15, 0.2) is 0 Å². The van der Waals surface area contributed by atoms with Gasteiger partial charge in [-0.05, 0) is 41.5 Å². The van der Waals surface area contributed by atoms with Gasteiger partial charge in [0.05, 0.1) is 0 Å². The minimum absolute atomic E-state index is 0.903. The van der Waals surface area contributed by atoms with Gasteiger partial charge in [0.2, 0.25) is 0 Å². The molecule has 0 amide bonds. The van der Waals surface area contributed by atoms with Crippen molar-refractivity contribution in [1.29, 1.82) is 0 Å². The molecule has 4 aromatic rings. The van der Waals surface area contributed by atoms with E-state index in [4.69, 9.17) is 4.42 Å². The highest BCUT2D eigenvalue weighted by molar-refractivity contribution is 6.12. The molecule has 0 aliphatic heterocycles. The highest BCUT2D eigenvalue weighted by Crippen LogP contribution is 2.35. The quantitative estimate of drug-likeness (QED) is 0.472. The number of hydrogen-bond donors (Lipinski definition) is 0. The van der Waals surface area contributed by atoms with Crippen LogP contribution in [0.2, 0.25) is 0 Å². The van der Waals surface area contributed by atoms with Crippen LogP contribution in [0.5, 0.6) is 0 Å². The van der Waals surface area contributed by atoms with Gasteiger partial charge in [-0.1, -0.05) is 42.5 Å². The molecule has 0 unspecified atom stereocenters. The van der Waals surface area contributed by atoms with Gasteiger partial charge >= 0.3 is 0 Å². The minimum Gasteiger partial charge on any atom is -0.456 e. The number of benzene rings is 3. The number of rotatable bonds is 1. The topological polar surface area (TPSA) is 13.1 Å². The van der Waals surface area contributed by atoms with Crippen LogP contribution >= 0.6 is 0 Å². The second-order valence-corrected chi connectivity index (χ2v) is 4.42. The summed E-state index contributed by atoms with van der Waals surface area (Å²) in [5.41, 5.74) is 3.94. The molecular weight excluding hydrogens is 232 g/mol. The zero-order valence-corrected chi connectivity index (χ0v) is 10.1. The first kappa shape index (κ1) is 10.4. The Bertz CT molecular complexity index is 857. The standard InChI is InChI=1S/C18H9O/c1-2-7-13(8-3-1)14-10-6-12-17-18(14)15-9-4-5-11-16(15)19-17/h2,4-7,9-12H. The molecule has 1 heterocycles. The van der Waals surface area contributed by atoms with E-state index in [1.165, 1.54) is 0 Å². The molecule has 4 rings (SSSR count). The van der Waals surface area contributed by atoms with Crippen molar-refractivity contribution in [3.05, 3.63) is 72.8 Å². The summed E-state index contributed by atoms with van der Waals surface area (Å²) in [5.74, 6) is 0. The second kappa shape index (κ2) is 3.99. The Hall–Kier alpha value is -2.54. The van der Waals surface area contributed by atoms with Gasteiger partial charge in [0.25, 0.3) is 0 Å². The van der Waals surface area contributed by atoms with Crippen molar-refractivity contribution in [2.75, 3.05) is 0 Å². The molecular formula is C18H9O. The predicted molar refractivity (Wildman–Crippen MR) is 75.7 cm³/mol. The molecule has 0 atom stereocenters. The molecule has 0 saturated heterocycles. The number of furan rings is 1. The maximum atomic E-state index is 5.88. The summed E-state index contributed by atoms with van der Waals surface area (Å²) in [7, 11) is 0. The molecule has 0 fully saturated rings. The molecule has 0 bridgehead atoms. The molecule has 1 heteroatoms. The normalized spacial score (nSPS) is 11.2. The first-order chi connectivity index (χ1) is 9.43. The Labute approximate surface area is 111 Å². The lowest BCUT2D eigenvalue weighted by Crippen LogP contribution is -1.79. The number of hydrogen-bond acceptors (Lipinski definition) is 1. The Morgan fingerprint density at radius 3 is 2.63 bits per heavy atom. The average molecular weight is 241 g/mol. The van der Waals surface area contributed by atoms with E-state index in [9.17, 15) is 0 Å². The monoisotopic (exact) mass is 241 g/mol. The summed E-state index contributed by atoms with van der Waals surface area (Å²) in [4.78, 5) is 0. The third-order valence-electron chi connectivity index (χ3n) is 3.30. The molecule has 3 radical (unpaired) electrons. The van der Waals surface area contributed by atoms with Gasteiger partial charge in [-0.15, -0.1) is 0 Å². The van der Waals surface area contributed by atoms with Gasteiger partial charge in [-0.2, -0.15) is 0 Å². The van der Waals surface area contributed by atoms with Gasteiger partial charge in [-0.3, -0.25) is 0 Å². The number of para-hydroxylation sites is 1. The van der Waals surface area contributed by atoms with E-state index < -0.39 is 0 Å². The van der Waals surface area contributed by atoms with E-state index in [0.29, 0.717) is 0 Å². The first-order valence-electron chi connectivity index (χ1n) is 6.14. The maximum Gasteiger partial charge on any atom is 0.136 e. The Morgan fingerprint density at radius 1 is 0.842 bits per heavy atom. The van der Waals surface area contributed by atoms with E-state index in [1.54, 1.807) is 0 Å². The van der Waals surface area contributed by atoms with Crippen molar-refractivity contribution in [2.24, 2.45) is 0 Å². The summed E-state index contributed by atoms with van der Waals surface area (Å²) in [6.07, 6.45) is 0. The van der Waals surface area contributed by atoms with Crippen molar-refractivity contribution in [3.8, 4) is 11.1 Å². The molecule has 1 aromatic heterocycles. The fourth-order valence-corrected chi connectivity index (χ4v) is 2.47. The lowest BCUT2D eigenvalue weighted by atomic mass is 10.00. The molecule has 19 heavy (non-hydrogen) atoms. The lowest BCUT2D eigenvalue weighted by Gasteiger charge is -2.02. The van der Waals surface area contributed by atoms with E-state index in [2.05, 4.69) is 30.3 Å². The highest BCUT2D eigenvalue weighted by atomic mass is 16.3. The van der Waals surface area contributed by atoms with Gasteiger partial charge in [0.1, 0.15) is 11.2 Å². The van der Waals surface area contributed by atoms with Crippen molar-refractivity contribution in [1.82, 2.24) is 0 Å². The van der Waals surface area contributed by atoms with Crippen molar-refractivity contribution in [2.45, 2.75) is 0 Å². The first-order valence-corrected chi connectivity index (χ1v) is 6.14. The van der Waals surface area contributed by atoms with Crippen molar-refractivity contribution in [3.63, 3.8) is 0 Å². The Morgan fingerprint density at radius 2 is 1.74 bits per heavy atom. The van der Waals surface area contributed by atoms with Gasteiger partial charge < -0.3 is 4.42 Å². The summed E-state index contributed by atoms with van der Waals surface area (Å²) < 4.78 is 5.88. The van der Waals surface area contributed by atoms with Crippen molar-refractivity contribution >= 4 is 21.9 Å². The average Bonchev–Trinajstić information content (AvgIpc) is 2.86. The van der Waals surface area contributed by atoms with Crippen LogP contribution < -0.4 is 0 Å². The lowest BCUT2D eigenvalue weighted by molar-refractivity contribution is 0.669. The fraction of sp³-hybridized carbons (Fsp3) is 0. The molecule has 87 valence electrons. The summed E-state index contributed by atoms with van der Waals surface area (Å²) in [6, 6.07) is 26.9. The third-order valence-corrected chi connectivity index (χ3v) is 3.30. The summed E-state index contributed by atoms with van der Waals surface area (Å²) in [6.45, 7) is 0. The zero-order valence-electron chi connectivity index (χ0n) is 10.1. The summed E-state index contributed by atoms with van der Waals surface area (Å²) >= 11 is 0. The van der Waals surface area contributed by atoms with E-state index in [-0.39, 0.29) is 0 Å². The van der Waals surface area contributed by atoms with Gasteiger partial charge in [0, 0.05) is 10.8 Å². The molecule has 0 aliphatic rings. The van der Waals surface area contributed by atoms with E-state index >= 15 is 0 Å². The Balaban J connectivity index is 2.17. The van der Waals surface area contributed by atoms with Crippen LogP contribution in [-0.2, 0) is 0 Å². The molecule has 0 aliphatic carbocycles. The zero-order chi connectivity index (χ0) is 12.7. The minimum atomic E-state index is 0.903. The van der Waals surface area contributed by atoms with E-state index in [1.807, 2.05) is 42.5 Å². The van der Waals surface area contributed by atoms with Crippen LogP contribution in [0, 0.1) is 18.2 Å². The maximum absolute atomic E-state index is 5.88. The fourth-order valence-electron chi connectivity index (χ4n) is 2.47. The van der Waals surface area contributed by atoms with Crippen LogP contribution in [0.25, 0.3) is 33.1 Å². The highest BCUT2D eigenvalue weighted by Gasteiger charge is 2.11. The smallest absolute Gasteiger partial charge is 0.136 e. The van der Waals surface area contributed by atoms with Gasteiger partial charge in [-0.25, -0.2) is 0 Å². The summed E-state index contributed by atoms with van der Waals surface area (Å²) in [5, 5.41) is 2.27. The Kier molecular flexibility index (Phi) is 2.18. The van der Waals surface area contributed by atoms with Crippen LogP contribution in [0.15, 0.2) is 59.0 Å². The molecule has 0 spiro atoms. The van der Waals surface area contributed by atoms with E-state index in [0.717, 1.165) is 33.1 Å². The van der Waals surface area contributed by atoms with Crippen LogP contribution in [0.3, 0.4) is 0 Å². The van der Waals surface area contributed by atoms with Crippen LogP contribution in [-0.4, -0.2) is 0 Å². The molecule has 1 nitrogen and oxygen atoms in total.